The Labute approximate surface area is 88.9 Å². The van der Waals surface area contributed by atoms with Crippen LogP contribution in [0.15, 0.2) is 12.2 Å². The number of primary amides is 1. The second-order valence-corrected chi connectivity index (χ2v) is 3.50. The molecule has 84 valence electrons. The second kappa shape index (κ2) is 4.93. The fourth-order valence-corrected chi connectivity index (χ4v) is 1.50. The van der Waals surface area contributed by atoms with Crippen LogP contribution in [-0.4, -0.2) is 42.5 Å². The summed E-state index contributed by atoms with van der Waals surface area (Å²) in [7, 11) is 0. The number of nitrogens with zero attached hydrogens (tertiary/aromatic N) is 1. The van der Waals surface area contributed by atoms with Crippen molar-refractivity contribution in [2.45, 2.75) is 19.4 Å². The van der Waals surface area contributed by atoms with E-state index in [1.54, 1.807) is 6.92 Å². The Bertz CT molecular complexity index is 288. The molecule has 1 amide bonds. The molecule has 1 saturated heterocycles. The Morgan fingerprint density at radius 2 is 2.27 bits per heavy atom. The van der Waals surface area contributed by atoms with Gasteiger partial charge in [-0.15, -0.1) is 0 Å². The first-order chi connectivity index (χ1) is 7.06. The molecule has 1 heterocycles. The number of hydrogen-bond acceptors (Lipinski definition) is 4. The van der Waals surface area contributed by atoms with E-state index in [9.17, 15) is 9.59 Å². The highest BCUT2D eigenvalue weighted by molar-refractivity contribution is 5.88. The molecule has 1 atom stereocenters. The summed E-state index contributed by atoms with van der Waals surface area (Å²) in [6.07, 6.45) is 0.755. The number of rotatable bonds is 5. The van der Waals surface area contributed by atoms with Gasteiger partial charge in [-0.2, -0.15) is 0 Å². The zero-order valence-electron chi connectivity index (χ0n) is 8.86. The summed E-state index contributed by atoms with van der Waals surface area (Å²) in [5, 5.41) is 0. The molecule has 5 nitrogen and oxygen atoms in total. The Morgan fingerprint density at radius 1 is 1.60 bits per heavy atom. The van der Waals surface area contributed by atoms with Gasteiger partial charge in [0.05, 0.1) is 12.6 Å². The van der Waals surface area contributed by atoms with Gasteiger partial charge in [-0.05, 0) is 13.3 Å². The Hall–Kier alpha value is -1.36. The first kappa shape index (κ1) is 11.7. The maximum absolute atomic E-state index is 11.2. The van der Waals surface area contributed by atoms with Crippen LogP contribution in [0.3, 0.4) is 0 Å². The topological polar surface area (TPSA) is 72.6 Å². The molecule has 1 fully saturated rings. The molecule has 0 radical (unpaired) electrons. The lowest BCUT2D eigenvalue weighted by atomic mass is 10.0. The zero-order chi connectivity index (χ0) is 11.4. The SMILES string of the molecule is C=C(CN1CCC1C(N)=O)C(=O)OCC. The van der Waals surface area contributed by atoms with Crippen molar-refractivity contribution in [3.63, 3.8) is 0 Å². The fraction of sp³-hybridized carbons (Fsp3) is 0.600. The molecule has 1 aliphatic rings. The third kappa shape index (κ3) is 2.79. The van der Waals surface area contributed by atoms with Gasteiger partial charge in [0.25, 0.3) is 0 Å². The van der Waals surface area contributed by atoms with Crippen molar-refractivity contribution in [2.75, 3.05) is 19.7 Å². The van der Waals surface area contributed by atoms with Crippen LogP contribution in [-0.2, 0) is 14.3 Å². The minimum absolute atomic E-state index is 0.254. The number of nitrogens with two attached hydrogens (primary N) is 1. The number of hydrogen-bond donors (Lipinski definition) is 1. The van der Waals surface area contributed by atoms with Crippen LogP contribution >= 0.6 is 0 Å². The average molecular weight is 212 g/mol. The zero-order valence-corrected chi connectivity index (χ0v) is 8.86. The number of carbonyl (C=O) groups is 2. The summed E-state index contributed by atoms with van der Waals surface area (Å²) in [6.45, 7) is 6.81. The molecule has 1 aliphatic heterocycles. The van der Waals surface area contributed by atoms with Crippen LogP contribution in [0.2, 0.25) is 0 Å². The summed E-state index contributed by atoms with van der Waals surface area (Å²) in [5.41, 5.74) is 5.54. The smallest absolute Gasteiger partial charge is 0.334 e. The Balaban J connectivity index is 2.39. The van der Waals surface area contributed by atoms with Crippen molar-refractivity contribution >= 4 is 11.9 Å². The molecule has 5 heteroatoms. The van der Waals surface area contributed by atoms with Crippen LogP contribution < -0.4 is 5.73 Å². The van der Waals surface area contributed by atoms with E-state index in [2.05, 4.69) is 6.58 Å². The molecule has 2 N–H and O–H groups in total. The summed E-state index contributed by atoms with van der Waals surface area (Å²) in [6, 6.07) is -0.254. The van der Waals surface area contributed by atoms with Crippen molar-refractivity contribution in [3.05, 3.63) is 12.2 Å². The standard InChI is InChI=1S/C10H16N2O3/c1-3-15-10(14)7(2)6-12-5-4-8(12)9(11)13/h8H,2-6H2,1H3,(H2,11,13). The van der Waals surface area contributed by atoms with Gasteiger partial charge in [0.15, 0.2) is 0 Å². The van der Waals surface area contributed by atoms with Crippen molar-refractivity contribution in [2.24, 2.45) is 5.73 Å². The first-order valence-electron chi connectivity index (χ1n) is 4.94. The van der Waals surface area contributed by atoms with Crippen molar-refractivity contribution < 1.29 is 14.3 Å². The van der Waals surface area contributed by atoms with Crippen LogP contribution in [0.4, 0.5) is 0 Å². The van der Waals surface area contributed by atoms with Crippen molar-refractivity contribution in [1.82, 2.24) is 4.90 Å². The van der Waals surface area contributed by atoms with E-state index in [-0.39, 0.29) is 11.9 Å². The van der Waals surface area contributed by atoms with Crippen molar-refractivity contribution in [3.8, 4) is 0 Å². The molecular weight excluding hydrogens is 196 g/mol. The van der Waals surface area contributed by atoms with E-state index >= 15 is 0 Å². The molecule has 1 unspecified atom stereocenters. The fourth-order valence-electron chi connectivity index (χ4n) is 1.50. The molecule has 0 aromatic heterocycles. The van der Waals surface area contributed by atoms with Crippen LogP contribution in [0.25, 0.3) is 0 Å². The van der Waals surface area contributed by atoms with E-state index in [0.717, 1.165) is 13.0 Å². The third-order valence-electron chi connectivity index (χ3n) is 2.42. The summed E-state index contributed by atoms with van der Waals surface area (Å²) in [5.74, 6) is -0.759. The van der Waals surface area contributed by atoms with E-state index in [1.165, 1.54) is 0 Å². The predicted octanol–water partition coefficient (Wildman–Crippen LogP) is -0.335. The number of carbonyl (C=O) groups excluding carboxylic acids is 2. The minimum atomic E-state index is -0.410. The maximum Gasteiger partial charge on any atom is 0.334 e. The third-order valence-corrected chi connectivity index (χ3v) is 2.42. The van der Waals surface area contributed by atoms with Crippen molar-refractivity contribution in [1.29, 1.82) is 0 Å². The molecule has 1 rings (SSSR count). The second-order valence-electron chi connectivity index (χ2n) is 3.50. The Morgan fingerprint density at radius 3 is 2.67 bits per heavy atom. The van der Waals surface area contributed by atoms with Gasteiger partial charge in [0, 0.05) is 18.7 Å². The van der Waals surface area contributed by atoms with Gasteiger partial charge < -0.3 is 10.5 Å². The normalized spacial score (nSPS) is 20.5. The lowest BCUT2D eigenvalue weighted by molar-refractivity contribution is -0.139. The maximum atomic E-state index is 11.2. The van der Waals surface area contributed by atoms with Gasteiger partial charge >= 0.3 is 5.97 Å². The number of amides is 1. The van der Waals surface area contributed by atoms with E-state index in [1.807, 2.05) is 4.90 Å². The van der Waals surface area contributed by atoms with E-state index < -0.39 is 5.97 Å². The molecule has 0 aliphatic carbocycles. The van der Waals surface area contributed by atoms with Crippen LogP contribution in [0, 0.1) is 0 Å². The largest absolute Gasteiger partial charge is 0.463 e. The highest BCUT2D eigenvalue weighted by Gasteiger charge is 2.33. The minimum Gasteiger partial charge on any atom is -0.463 e. The Kier molecular flexibility index (Phi) is 3.85. The molecule has 15 heavy (non-hydrogen) atoms. The lowest BCUT2D eigenvalue weighted by Gasteiger charge is -2.38. The monoisotopic (exact) mass is 212 g/mol. The van der Waals surface area contributed by atoms with E-state index in [0.29, 0.717) is 18.7 Å². The molecule has 0 aromatic rings. The van der Waals surface area contributed by atoms with Gasteiger partial charge in [0.1, 0.15) is 0 Å². The quantitative estimate of drug-likeness (QED) is 0.500. The van der Waals surface area contributed by atoms with Gasteiger partial charge in [-0.1, -0.05) is 6.58 Å². The summed E-state index contributed by atoms with van der Waals surface area (Å²) < 4.78 is 4.79. The number of ether oxygens (including phenoxy) is 1. The van der Waals surface area contributed by atoms with Gasteiger partial charge in [0.2, 0.25) is 5.91 Å². The highest BCUT2D eigenvalue weighted by atomic mass is 16.5. The average Bonchev–Trinajstić information content (AvgIpc) is 2.11. The summed E-state index contributed by atoms with van der Waals surface area (Å²) in [4.78, 5) is 24.0. The van der Waals surface area contributed by atoms with Gasteiger partial charge in [-0.3, -0.25) is 9.69 Å². The van der Waals surface area contributed by atoms with Gasteiger partial charge in [-0.25, -0.2) is 4.79 Å². The molecule has 0 aromatic carbocycles. The van der Waals surface area contributed by atoms with Crippen LogP contribution in [0.5, 0.6) is 0 Å². The summed E-state index contributed by atoms with van der Waals surface area (Å²) >= 11 is 0. The lowest BCUT2D eigenvalue weighted by Crippen LogP contribution is -2.55. The molecule has 0 bridgehead atoms. The van der Waals surface area contributed by atoms with E-state index in [4.69, 9.17) is 10.5 Å². The predicted molar refractivity (Wildman–Crippen MR) is 54.9 cm³/mol. The molecule has 0 spiro atoms. The van der Waals surface area contributed by atoms with Crippen LogP contribution in [0.1, 0.15) is 13.3 Å². The highest BCUT2D eigenvalue weighted by Crippen LogP contribution is 2.18. The number of esters is 1. The molecule has 0 saturated carbocycles. The molecular formula is C10H16N2O3. The first-order valence-corrected chi connectivity index (χ1v) is 4.94. The number of likely N-dealkylation sites (tertiary alicyclic amines) is 1.